The lowest BCUT2D eigenvalue weighted by Gasteiger charge is -1.94. The van der Waals surface area contributed by atoms with Crippen LogP contribution in [0.4, 0.5) is 0 Å². The van der Waals surface area contributed by atoms with Gasteiger partial charge in [0.25, 0.3) is 0 Å². The molecule has 62 valence electrons. The number of fused-ring (bicyclic) bond motifs is 1. The summed E-state index contributed by atoms with van der Waals surface area (Å²) in [6.45, 7) is 0. The van der Waals surface area contributed by atoms with Crippen molar-refractivity contribution in [3.05, 3.63) is 35.8 Å². The van der Waals surface area contributed by atoms with Crippen LogP contribution < -0.4 is 0 Å². The SMILES string of the molecule is N#Cc1cnc2ccc(C=O)cn12. The van der Waals surface area contributed by atoms with Crippen molar-refractivity contribution in [1.82, 2.24) is 9.38 Å². The monoisotopic (exact) mass is 171 g/mol. The van der Waals surface area contributed by atoms with Crippen molar-refractivity contribution in [2.75, 3.05) is 0 Å². The van der Waals surface area contributed by atoms with Gasteiger partial charge in [-0.15, -0.1) is 0 Å². The maximum absolute atomic E-state index is 10.5. The second-order valence-electron chi connectivity index (χ2n) is 2.56. The van der Waals surface area contributed by atoms with Gasteiger partial charge in [0.2, 0.25) is 0 Å². The van der Waals surface area contributed by atoms with Crippen molar-refractivity contribution < 1.29 is 4.79 Å². The summed E-state index contributed by atoms with van der Waals surface area (Å²) in [4.78, 5) is 14.4. The number of pyridine rings is 1. The number of hydrogen-bond acceptors (Lipinski definition) is 3. The first-order valence-corrected chi connectivity index (χ1v) is 3.67. The van der Waals surface area contributed by atoms with E-state index in [0.717, 1.165) is 6.29 Å². The summed E-state index contributed by atoms with van der Waals surface area (Å²) < 4.78 is 1.59. The van der Waals surface area contributed by atoms with Gasteiger partial charge in [0, 0.05) is 11.8 Å². The van der Waals surface area contributed by atoms with E-state index in [9.17, 15) is 4.79 Å². The van der Waals surface area contributed by atoms with E-state index in [-0.39, 0.29) is 0 Å². The Bertz CT molecular complexity index is 507. The third kappa shape index (κ3) is 1.07. The fourth-order valence-electron chi connectivity index (χ4n) is 1.15. The molecule has 2 aromatic rings. The minimum absolute atomic E-state index is 0.429. The standard InChI is InChI=1S/C9H5N3O/c10-3-8-4-11-9-2-1-7(6-13)5-12(8)9/h1-2,4-6H. The summed E-state index contributed by atoms with van der Waals surface area (Å²) in [5, 5.41) is 8.69. The van der Waals surface area contributed by atoms with E-state index in [4.69, 9.17) is 5.26 Å². The lowest BCUT2D eigenvalue weighted by molar-refractivity contribution is 0.112. The topological polar surface area (TPSA) is 58.2 Å². The Kier molecular flexibility index (Phi) is 1.57. The zero-order chi connectivity index (χ0) is 9.26. The molecule has 0 aliphatic rings. The molecule has 4 heteroatoms. The number of imidazole rings is 1. The first-order chi connectivity index (χ1) is 6.35. The Morgan fingerprint density at radius 1 is 1.54 bits per heavy atom. The average Bonchev–Trinajstić information content (AvgIpc) is 2.59. The molecule has 2 heterocycles. The molecule has 0 aliphatic carbocycles. The van der Waals surface area contributed by atoms with Crippen molar-refractivity contribution in [3.63, 3.8) is 0 Å². The number of aldehydes is 1. The third-order valence-electron chi connectivity index (χ3n) is 1.78. The normalized spacial score (nSPS) is 9.77. The molecule has 0 spiro atoms. The molecule has 0 fully saturated rings. The number of carbonyl (C=O) groups is 1. The molecule has 0 aromatic carbocycles. The number of nitrogens with zero attached hydrogens (tertiary/aromatic N) is 3. The third-order valence-corrected chi connectivity index (χ3v) is 1.78. The maximum Gasteiger partial charge on any atom is 0.151 e. The molecule has 0 unspecified atom stereocenters. The Balaban J connectivity index is 2.80. The van der Waals surface area contributed by atoms with Crippen LogP contribution in [-0.4, -0.2) is 15.7 Å². The molecule has 2 aromatic heterocycles. The molecule has 0 N–H and O–H groups in total. The van der Waals surface area contributed by atoms with Gasteiger partial charge in [-0.25, -0.2) is 4.98 Å². The second kappa shape index (κ2) is 2.72. The smallest absolute Gasteiger partial charge is 0.151 e. The summed E-state index contributed by atoms with van der Waals surface area (Å²) in [5.41, 5.74) is 1.63. The number of nitriles is 1. The lowest BCUT2D eigenvalue weighted by atomic mass is 10.3. The van der Waals surface area contributed by atoms with E-state index < -0.39 is 0 Å². The van der Waals surface area contributed by atoms with E-state index in [1.807, 2.05) is 6.07 Å². The second-order valence-corrected chi connectivity index (χ2v) is 2.56. The van der Waals surface area contributed by atoms with Crippen LogP contribution in [-0.2, 0) is 0 Å². The van der Waals surface area contributed by atoms with Crippen LogP contribution in [0.5, 0.6) is 0 Å². The van der Waals surface area contributed by atoms with E-state index in [1.165, 1.54) is 6.20 Å². The van der Waals surface area contributed by atoms with E-state index in [0.29, 0.717) is 16.9 Å². The largest absolute Gasteiger partial charge is 0.298 e. The highest BCUT2D eigenvalue weighted by molar-refractivity contribution is 5.75. The van der Waals surface area contributed by atoms with E-state index in [1.54, 1.807) is 22.7 Å². The van der Waals surface area contributed by atoms with Crippen LogP contribution in [0.25, 0.3) is 5.65 Å². The first-order valence-electron chi connectivity index (χ1n) is 3.67. The van der Waals surface area contributed by atoms with Gasteiger partial charge in [-0.1, -0.05) is 0 Å². The zero-order valence-electron chi connectivity index (χ0n) is 6.64. The molecule has 0 saturated carbocycles. The van der Waals surface area contributed by atoms with Crippen LogP contribution in [0.1, 0.15) is 16.1 Å². The fraction of sp³-hybridized carbons (Fsp3) is 0. The number of hydrogen-bond donors (Lipinski definition) is 0. The van der Waals surface area contributed by atoms with Gasteiger partial charge >= 0.3 is 0 Å². The van der Waals surface area contributed by atoms with Crippen molar-refractivity contribution in [2.45, 2.75) is 0 Å². The number of carbonyl (C=O) groups excluding carboxylic acids is 1. The van der Waals surface area contributed by atoms with Crippen molar-refractivity contribution in [1.29, 1.82) is 5.26 Å². The molecular weight excluding hydrogens is 166 g/mol. The lowest BCUT2D eigenvalue weighted by Crippen LogP contribution is -1.90. The number of rotatable bonds is 1. The average molecular weight is 171 g/mol. The van der Waals surface area contributed by atoms with Gasteiger partial charge in [0.15, 0.2) is 6.29 Å². The summed E-state index contributed by atoms with van der Waals surface area (Å²) in [7, 11) is 0. The molecule has 0 amide bonds. The predicted octanol–water partition coefficient (Wildman–Crippen LogP) is 1.02. The Morgan fingerprint density at radius 2 is 2.38 bits per heavy atom. The van der Waals surface area contributed by atoms with Crippen molar-refractivity contribution in [3.8, 4) is 6.07 Å². The molecule has 4 nitrogen and oxygen atoms in total. The summed E-state index contributed by atoms with van der Waals surface area (Å²) >= 11 is 0. The minimum Gasteiger partial charge on any atom is -0.298 e. The molecule has 13 heavy (non-hydrogen) atoms. The van der Waals surface area contributed by atoms with Crippen molar-refractivity contribution >= 4 is 11.9 Å². The highest BCUT2D eigenvalue weighted by Crippen LogP contribution is 2.06. The van der Waals surface area contributed by atoms with Crippen LogP contribution in [0.15, 0.2) is 24.5 Å². The van der Waals surface area contributed by atoms with Crippen molar-refractivity contribution in [2.24, 2.45) is 0 Å². The van der Waals surface area contributed by atoms with E-state index in [2.05, 4.69) is 4.98 Å². The Hall–Kier alpha value is -2.15. The highest BCUT2D eigenvalue weighted by Gasteiger charge is 2.01. The molecular formula is C9H5N3O. The summed E-state index contributed by atoms with van der Waals surface area (Å²) in [6.07, 6.45) is 3.80. The Morgan fingerprint density at radius 3 is 3.08 bits per heavy atom. The number of aromatic nitrogens is 2. The van der Waals surface area contributed by atoms with Gasteiger partial charge in [0.1, 0.15) is 17.4 Å². The van der Waals surface area contributed by atoms with Gasteiger partial charge in [0.05, 0.1) is 6.20 Å². The maximum atomic E-state index is 10.5. The van der Waals surface area contributed by atoms with Gasteiger partial charge in [-0.05, 0) is 12.1 Å². The molecule has 0 aliphatic heterocycles. The molecule has 0 bridgehead atoms. The summed E-state index contributed by atoms with van der Waals surface area (Å²) in [6, 6.07) is 5.35. The fourth-order valence-corrected chi connectivity index (χ4v) is 1.15. The Labute approximate surface area is 74.1 Å². The quantitative estimate of drug-likeness (QED) is 0.602. The zero-order valence-corrected chi connectivity index (χ0v) is 6.64. The molecule has 0 radical (unpaired) electrons. The predicted molar refractivity (Wildman–Crippen MR) is 45.3 cm³/mol. The molecule has 0 atom stereocenters. The van der Waals surface area contributed by atoms with E-state index >= 15 is 0 Å². The van der Waals surface area contributed by atoms with Crippen LogP contribution in [0, 0.1) is 11.3 Å². The van der Waals surface area contributed by atoms with Crippen LogP contribution >= 0.6 is 0 Å². The first kappa shape index (κ1) is 7.50. The minimum atomic E-state index is 0.429. The van der Waals surface area contributed by atoms with Crippen LogP contribution in [0.3, 0.4) is 0 Å². The highest BCUT2D eigenvalue weighted by atomic mass is 16.1. The van der Waals surface area contributed by atoms with Gasteiger partial charge < -0.3 is 0 Å². The molecule has 2 rings (SSSR count). The summed E-state index contributed by atoms with van der Waals surface area (Å²) in [5.74, 6) is 0. The van der Waals surface area contributed by atoms with Gasteiger partial charge in [-0.2, -0.15) is 5.26 Å². The molecule has 0 saturated heterocycles. The van der Waals surface area contributed by atoms with Gasteiger partial charge in [-0.3, -0.25) is 9.20 Å². The van der Waals surface area contributed by atoms with Crippen LogP contribution in [0.2, 0.25) is 0 Å².